The fourth-order valence-corrected chi connectivity index (χ4v) is 2.03. The monoisotopic (exact) mass is 317 g/mol. The lowest BCUT2D eigenvalue weighted by atomic mass is 10.2. The van der Waals surface area contributed by atoms with Crippen LogP contribution in [0.4, 0.5) is 5.69 Å². The van der Waals surface area contributed by atoms with Gasteiger partial charge in [-0.25, -0.2) is 4.68 Å². The largest absolute Gasteiger partial charge is 0.384 e. The van der Waals surface area contributed by atoms with Gasteiger partial charge in [0.05, 0.1) is 18.5 Å². The number of hydrogen-bond donors (Lipinski definition) is 1. The summed E-state index contributed by atoms with van der Waals surface area (Å²) < 4.78 is 7.07. The Morgan fingerprint density at radius 2 is 2.33 bits per heavy atom. The van der Waals surface area contributed by atoms with Crippen LogP contribution in [0.1, 0.15) is 20.3 Å². The second kappa shape index (κ2) is 7.53. The van der Waals surface area contributed by atoms with E-state index in [9.17, 15) is 4.79 Å². The highest BCUT2D eigenvalue weighted by Gasteiger charge is 2.09. The van der Waals surface area contributed by atoms with E-state index >= 15 is 0 Å². The molecule has 0 saturated carbocycles. The molecule has 1 rings (SSSR count). The minimum Gasteiger partial charge on any atom is -0.384 e. The normalized spacial score (nSPS) is 12.4. The molecule has 0 aliphatic rings. The van der Waals surface area contributed by atoms with Crippen molar-refractivity contribution >= 4 is 21.6 Å². The first-order valence-corrected chi connectivity index (χ1v) is 6.87. The van der Waals surface area contributed by atoms with E-state index in [0.717, 1.165) is 18.7 Å². The van der Waals surface area contributed by atoms with E-state index in [4.69, 9.17) is 4.74 Å². The lowest BCUT2D eigenvalue weighted by molar-refractivity contribution is 0.164. The Balaban J connectivity index is 2.73. The number of methoxy groups -OCH3 is 1. The van der Waals surface area contributed by atoms with Crippen LogP contribution in [0.2, 0.25) is 0 Å². The summed E-state index contributed by atoms with van der Waals surface area (Å²) in [6.07, 6.45) is 2.57. The molecule has 1 unspecified atom stereocenters. The standard InChI is InChI=1S/C12H20BrN3O2/c1-4-5-16-12(17)11(13)10(7-15-16)14-6-9(2)8-18-3/h7,9,14H,4-6,8H2,1-3H3. The van der Waals surface area contributed by atoms with Crippen molar-refractivity contribution < 1.29 is 4.74 Å². The Morgan fingerprint density at radius 1 is 1.61 bits per heavy atom. The fourth-order valence-electron chi connectivity index (χ4n) is 1.59. The number of nitrogens with zero attached hydrogens (tertiary/aromatic N) is 2. The summed E-state index contributed by atoms with van der Waals surface area (Å²) >= 11 is 3.32. The number of halogens is 1. The van der Waals surface area contributed by atoms with Gasteiger partial charge in [0.2, 0.25) is 0 Å². The Bertz CT molecular complexity index is 434. The van der Waals surface area contributed by atoms with Crippen LogP contribution in [-0.2, 0) is 11.3 Å². The number of anilines is 1. The molecule has 0 saturated heterocycles. The number of nitrogens with one attached hydrogen (secondary N) is 1. The average Bonchev–Trinajstić information content (AvgIpc) is 2.35. The smallest absolute Gasteiger partial charge is 0.283 e. The Morgan fingerprint density at radius 3 is 2.94 bits per heavy atom. The van der Waals surface area contributed by atoms with Crippen LogP contribution >= 0.6 is 15.9 Å². The van der Waals surface area contributed by atoms with Gasteiger partial charge >= 0.3 is 0 Å². The third kappa shape index (κ3) is 4.10. The van der Waals surface area contributed by atoms with Crippen LogP contribution in [0, 0.1) is 5.92 Å². The van der Waals surface area contributed by atoms with E-state index in [-0.39, 0.29) is 5.56 Å². The average molecular weight is 318 g/mol. The minimum atomic E-state index is -0.0961. The van der Waals surface area contributed by atoms with Crippen molar-refractivity contribution in [2.75, 3.05) is 25.6 Å². The van der Waals surface area contributed by atoms with Crippen LogP contribution in [0.15, 0.2) is 15.5 Å². The third-order valence-corrected chi connectivity index (χ3v) is 3.28. The van der Waals surface area contributed by atoms with Crippen LogP contribution in [-0.4, -0.2) is 30.0 Å². The highest BCUT2D eigenvalue weighted by atomic mass is 79.9. The molecular formula is C12H20BrN3O2. The lowest BCUT2D eigenvalue weighted by Gasteiger charge is -2.14. The molecule has 0 bridgehead atoms. The Kier molecular flexibility index (Phi) is 6.35. The molecule has 0 fully saturated rings. The first-order valence-electron chi connectivity index (χ1n) is 6.08. The van der Waals surface area contributed by atoms with Gasteiger partial charge < -0.3 is 10.1 Å². The first-order chi connectivity index (χ1) is 8.60. The van der Waals surface area contributed by atoms with Gasteiger partial charge in [-0.05, 0) is 28.3 Å². The summed E-state index contributed by atoms with van der Waals surface area (Å²) in [6.45, 7) is 6.16. The van der Waals surface area contributed by atoms with Crippen molar-refractivity contribution in [1.29, 1.82) is 0 Å². The van der Waals surface area contributed by atoms with E-state index in [1.807, 2.05) is 6.92 Å². The van der Waals surface area contributed by atoms with Crippen LogP contribution in [0.5, 0.6) is 0 Å². The van der Waals surface area contributed by atoms with Crippen molar-refractivity contribution in [3.05, 3.63) is 21.0 Å². The molecule has 6 heteroatoms. The summed E-state index contributed by atoms with van der Waals surface area (Å²) in [6, 6.07) is 0. The van der Waals surface area contributed by atoms with Gasteiger partial charge in [-0.2, -0.15) is 5.10 Å². The summed E-state index contributed by atoms with van der Waals surface area (Å²) in [7, 11) is 1.68. The molecule has 18 heavy (non-hydrogen) atoms. The number of hydrogen-bond acceptors (Lipinski definition) is 4. The molecule has 0 aromatic carbocycles. The molecule has 0 radical (unpaired) electrons. The first kappa shape index (κ1) is 15.2. The molecule has 1 heterocycles. The van der Waals surface area contributed by atoms with E-state index in [0.29, 0.717) is 23.5 Å². The molecule has 102 valence electrons. The van der Waals surface area contributed by atoms with Crippen molar-refractivity contribution in [3.63, 3.8) is 0 Å². The Hall–Kier alpha value is -0.880. The second-order valence-corrected chi connectivity index (χ2v) is 5.13. The van der Waals surface area contributed by atoms with Gasteiger partial charge in [0, 0.05) is 20.2 Å². The van der Waals surface area contributed by atoms with E-state index < -0.39 is 0 Å². The molecule has 1 atom stereocenters. The lowest BCUT2D eigenvalue weighted by Crippen LogP contribution is -2.25. The molecule has 1 aromatic heterocycles. The third-order valence-electron chi connectivity index (χ3n) is 2.51. The number of ether oxygens (including phenoxy) is 1. The summed E-state index contributed by atoms with van der Waals surface area (Å²) in [4.78, 5) is 11.9. The number of rotatable bonds is 7. The van der Waals surface area contributed by atoms with E-state index in [1.54, 1.807) is 13.3 Å². The maximum Gasteiger partial charge on any atom is 0.283 e. The van der Waals surface area contributed by atoms with Crippen molar-refractivity contribution in [2.24, 2.45) is 5.92 Å². The summed E-state index contributed by atoms with van der Waals surface area (Å²) in [5.41, 5.74) is 0.636. The molecule has 0 spiro atoms. The quantitative estimate of drug-likeness (QED) is 0.836. The predicted octanol–water partition coefficient (Wildman–Crippen LogP) is 2.11. The van der Waals surface area contributed by atoms with Gasteiger partial charge in [-0.15, -0.1) is 0 Å². The summed E-state index contributed by atoms with van der Waals surface area (Å²) in [5, 5.41) is 7.34. The molecular weight excluding hydrogens is 298 g/mol. The van der Waals surface area contributed by atoms with Crippen LogP contribution in [0.3, 0.4) is 0 Å². The van der Waals surface area contributed by atoms with Gasteiger partial charge in [0.1, 0.15) is 4.47 Å². The zero-order valence-electron chi connectivity index (χ0n) is 11.1. The number of aromatic nitrogens is 2. The van der Waals surface area contributed by atoms with E-state index in [1.165, 1.54) is 4.68 Å². The molecule has 0 amide bonds. The molecule has 0 aliphatic carbocycles. The van der Waals surface area contributed by atoms with Crippen LogP contribution < -0.4 is 10.9 Å². The highest BCUT2D eigenvalue weighted by Crippen LogP contribution is 2.16. The van der Waals surface area contributed by atoms with Gasteiger partial charge in [-0.1, -0.05) is 13.8 Å². The van der Waals surface area contributed by atoms with Gasteiger partial charge in [-0.3, -0.25) is 4.79 Å². The molecule has 1 N–H and O–H groups in total. The molecule has 1 aromatic rings. The van der Waals surface area contributed by atoms with Crippen LogP contribution in [0.25, 0.3) is 0 Å². The predicted molar refractivity (Wildman–Crippen MR) is 76.0 cm³/mol. The van der Waals surface area contributed by atoms with Gasteiger partial charge in [0.15, 0.2) is 0 Å². The zero-order valence-corrected chi connectivity index (χ0v) is 12.7. The molecule has 0 aliphatic heterocycles. The number of aryl methyl sites for hydroxylation is 1. The van der Waals surface area contributed by atoms with Crippen molar-refractivity contribution in [2.45, 2.75) is 26.8 Å². The van der Waals surface area contributed by atoms with Crippen molar-refractivity contribution in [1.82, 2.24) is 9.78 Å². The maximum absolute atomic E-state index is 11.9. The maximum atomic E-state index is 11.9. The van der Waals surface area contributed by atoms with E-state index in [2.05, 4.69) is 33.3 Å². The zero-order chi connectivity index (χ0) is 13.5. The highest BCUT2D eigenvalue weighted by molar-refractivity contribution is 9.10. The molecule has 5 nitrogen and oxygen atoms in total. The van der Waals surface area contributed by atoms with Gasteiger partial charge in [0.25, 0.3) is 5.56 Å². The van der Waals surface area contributed by atoms with Crippen molar-refractivity contribution in [3.8, 4) is 0 Å². The minimum absolute atomic E-state index is 0.0961. The Labute approximate surface area is 116 Å². The topological polar surface area (TPSA) is 56.1 Å². The summed E-state index contributed by atoms with van der Waals surface area (Å²) in [5.74, 6) is 0.375. The SMILES string of the molecule is CCCn1ncc(NCC(C)COC)c(Br)c1=O. The fraction of sp³-hybridized carbons (Fsp3) is 0.667. The second-order valence-electron chi connectivity index (χ2n) is 4.34.